The number of aromatic nitrogens is 1. The van der Waals surface area contributed by atoms with Crippen molar-refractivity contribution in [1.29, 1.82) is 0 Å². The summed E-state index contributed by atoms with van der Waals surface area (Å²) in [6, 6.07) is 7.87. The highest BCUT2D eigenvalue weighted by molar-refractivity contribution is 7.13. The zero-order chi connectivity index (χ0) is 15.2. The van der Waals surface area contributed by atoms with Crippen molar-refractivity contribution >= 4 is 34.0 Å². The van der Waals surface area contributed by atoms with Crippen LogP contribution in [0.5, 0.6) is 0 Å². The molecule has 1 aromatic carbocycles. The molecule has 1 atom stereocenters. The zero-order valence-corrected chi connectivity index (χ0v) is 13.5. The number of rotatable bonds is 6. The second kappa shape index (κ2) is 7.43. The molecule has 1 aromatic heterocycles. The molecule has 0 fully saturated rings. The molecular formula is C15H17ClN2O2S. The van der Waals surface area contributed by atoms with Gasteiger partial charge in [0.1, 0.15) is 0 Å². The van der Waals surface area contributed by atoms with Gasteiger partial charge >= 0.3 is 5.97 Å². The first kappa shape index (κ1) is 15.8. The third kappa shape index (κ3) is 4.72. The number of methoxy groups -OCH3 is 1. The summed E-state index contributed by atoms with van der Waals surface area (Å²) in [4.78, 5) is 15.6. The summed E-state index contributed by atoms with van der Waals surface area (Å²) in [5.74, 6) is -0.216. The standard InChI is InChI=1S/C15H17ClN2O2S/c1-10(11-3-5-12(16)6-4-11)17-15-18-13(9-21-15)7-8-14(19)20-2/h3-6,9-10H,7-8H2,1-2H3,(H,17,18). The van der Waals surface area contributed by atoms with Gasteiger partial charge in [-0.25, -0.2) is 4.98 Å². The predicted molar refractivity (Wildman–Crippen MR) is 85.9 cm³/mol. The van der Waals surface area contributed by atoms with Crippen LogP contribution in [-0.4, -0.2) is 18.1 Å². The SMILES string of the molecule is COC(=O)CCc1csc(NC(C)c2ccc(Cl)cc2)n1. The Bertz CT molecular complexity index is 598. The van der Waals surface area contributed by atoms with Crippen molar-refractivity contribution in [3.05, 3.63) is 45.9 Å². The Balaban J connectivity index is 1.92. The maximum absolute atomic E-state index is 11.1. The molecule has 0 radical (unpaired) electrons. The van der Waals surface area contributed by atoms with E-state index in [1.807, 2.05) is 29.6 Å². The number of anilines is 1. The Labute approximate surface area is 133 Å². The van der Waals surface area contributed by atoms with E-state index in [1.165, 1.54) is 18.4 Å². The van der Waals surface area contributed by atoms with Gasteiger partial charge in [-0.3, -0.25) is 4.79 Å². The Hall–Kier alpha value is -1.59. The molecule has 2 aromatic rings. The molecule has 0 aliphatic carbocycles. The second-order valence-electron chi connectivity index (χ2n) is 4.64. The summed E-state index contributed by atoms with van der Waals surface area (Å²) < 4.78 is 4.62. The van der Waals surface area contributed by atoms with Crippen LogP contribution in [0.25, 0.3) is 0 Å². The molecule has 0 amide bonds. The quantitative estimate of drug-likeness (QED) is 0.814. The number of hydrogen-bond acceptors (Lipinski definition) is 5. The molecule has 0 bridgehead atoms. The number of carbonyl (C=O) groups excluding carboxylic acids is 1. The number of ether oxygens (including phenoxy) is 1. The Morgan fingerprint density at radius 3 is 2.81 bits per heavy atom. The minimum absolute atomic E-state index is 0.141. The smallest absolute Gasteiger partial charge is 0.305 e. The van der Waals surface area contributed by atoms with Crippen LogP contribution < -0.4 is 5.32 Å². The van der Waals surface area contributed by atoms with Gasteiger partial charge in [0.25, 0.3) is 0 Å². The average Bonchev–Trinajstić information content (AvgIpc) is 2.93. The Morgan fingerprint density at radius 1 is 1.43 bits per heavy atom. The molecule has 21 heavy (non-hydrogen) atoms. The van der Waals surface area contributed by atoms with Crippen LogP contribution in [0.4, 0.5) is 5.13 Å². The zero-order valence-electron chi connectivity index (χ0n) is 11.9. The van der Waals surface area contributed by atoms with E-state index < -0.39 is 0 Å². The summed E-state index contributed by atoms with van der Waals surface area (Å²) in [5, 5.41) is 6.88. The summed E-state index contributed by atoms with van der Waals surface area (Å²) in [6.45, 7) is 2.07. The molecule has 0 spiro atoms. The number of carbonyl (C=O) groups is 1. The second-order valence-corrected chi connectivity index (χ2v) is 5.93. The Kier molecular flexibility index (Phi) is 5.59. The van der Waals surface area contributed by atoms with Gasteiger partial charge < -0.3 is 10.1 Å². The van der Waals surface area contributed by atoms with Gasteiger partial charge in [-0.2, -0.15) is 0 Å². The Morgan fingerprint density at radius 2 is 2.14 bits per heavy atom. The summed E-state index contributed by atoms with van der Waals surface area (Å²) >= 11 is 7.42. The van der Waals surface area contributed by atoms with Crippen LogP contribution in [0.1, 0.15) is 30.6 Å². The fraction of sp³-hybridized carbons (Fsp3) is 0.333. The van der Waals surface area contributed by atoms with Crippen LogP contribution in [-0.2, 0) is 16.0 Å². The molecule has 0 saturated carbocycles. The molecule has 0 saturated heterocycles. The van der Waals surface area contributed by atoms with Gasteiger partial charge in [-0.1, -0.05) is 23.7 Å². The summed E-state index contributed by atoms with van der Waals surface area (Å²) in [5.41, 5.74) is 2.04. The van der Waals surface area contributed by atoms with Gasteiger partial charge in [0.2, 0.25) is 0 Å². The van der Waals surface area contributed by atoms with Crippen LogP contribution in [0.2, 0.25) is 5.02 Å². The van der Waals surface area contributed by atoms with Gasteiger partial charge in [0, 0.05) is 16.8 Å². The molecule has 1 heterocycles. The number of benzene rings is 1. The number of aryl methyl sites for hydroxylation is 1. The summed E-state index contributed by atoms with van der Waals surface area (Å²) in [6.07, 6.45) is 0.951. The molecule has 6 heteroatoms. The number of hydrogen-bond donors (Lipinski definition) is 1. The van der Waals surface area contributed by atoms with Crippen molar-refractivity contribution in [3.8, 4) is 0 Å². The maximum Gasteiger partial charge on any atom is 0.305 e. The van der Waals surface area contributed by atoms with E-state index in [1.54, 1.807) is 0 Å². The van der Waals surface area contributed by atoms with E-state index in [4.69, 9.17) is 11.6 Å². The first-order chi connectivity index (χ1) is 10.1. The molecule has 0 aliphatic rings. The first-order valence-electron chi connectivity index (χ1n) is 6.61. The van der Waals surface area contributed by atoms with Gasteiger partial charge in [-0.15, -0.1) is 11.3 Å². The van der Waals surface area contributed by atoms with Gasteiger partial charge in [0.15, 0.2) is 5.13 Å². The number of nitrogens with zero attached hydrogens (tertiary/aromatic N) is 1. The van der Waals surface area contributed by atoms with Crippen molar-refractivity contribution in [2.45, 2.75) is 25.8 Å². The lowest BCUT2D eigenvalue weighted by Crippen LogP contribution is -2.06. The number of nitrogens with one attached hydrogen (secondary N) is 1. The van der Waals surface area contributed by atoms with Crippen molar-refractivity contribution in [2.75, 3.05) is 12.4 Å². The maximum atomic E-state index is 11.1. The number of halogens is 1. The number of esters is 1. The lowest BCUT2D eigenvalue weighted by atomic mass is 10.1. The third-order valence-corrected chi connectivity index (χ3v) is 4.15. The minimum atomic E-state index is -0.216. The topological polar surface area (TPSA) is 51.2 Å². The minimum Gasteiger partial charge on any atom is -0.469 e. The molecule has 112 valence electrons. The van der Waals surface area contributed by atoms with Crippen molar-refractivity contribution in [3.63, 3.8) is 0 Å². The van der Waals surface area contributed by atoms with E-state index in [0.29, 0.717) is 12.8 Å². The van der Waals surface area contributed by atoms with E-state index in [2.05, 4.69) is 22.0 Å². The molecule has 1 N–H and O–H groups in total. The van der Waals surface area contributed by atoms with Crippen LogP contribution in [0.15, 0.2) is 29.6 Å². The monoisotopic (exact) mass is 324 g/mol. The van der Waals surface area contributed by atoms with Crippen molar-refractivity contribution < 1.29 is 9.53 Å². The molecule has 1 unspecified atom stereocenters. The molecule has 4 nitrogen and oxygen atoms in total. The highest BCUT2D eigenvalue weighted by Crippen LogP contribution is 2.24. The lowest BCUT2D eigenvalue weighted by molar-refractivity contribution is -0.140. The lowest BCUT2D eigenvalue weighted by Gasteiger charge is -2.13. The van der Waals surface area contributed by atoms with Crippen molar-refractivity contribution in [1.82, 2.24) is 4.98 Å². The van der Waals surface area contributed by atoms with Crippen molar-refractivity contribution in [2.24, 2.45) is 0 Å². The number of thiazole rings is 1. The normalized spacial score (nSPS) is 12.0. The summed E-state index contributed by atoms with van der Waals surface area (Å²) in [7, 11) is 1.39. The molecular weight excluding hydrogens is 308 g/mol. The van der Waals surface area contributed by atoms with E-state index in [-0.39, 0.29) is 12.0 Å². The van der Waals surface area contributed by atoms with Crippen LogP contribution >= 0.6 is 22.9 Å². The van der Waals surface area contributed by atoms with Gasteiger partial charge in [-0.05, 0) is 24.6 Å². The third-order valence-electron chi connectivity index (χ3n) is 3.07. The highest BCUT2D eigenvalue weighted by atomic mass is 35.5. The average molecular weight is 325 g/mol. The molecule has 0 aliphatic heterocycles. The fourth-order valence-corrected chi connectivity index (χ4v) is 2.80. The predicted octanol–water partition coefficient (Wildman–Crippen LogP) is 4.08. The van der Waals surface area contributed by atoms with E-state index in [0.717, 1.165) is 21.4 Å². The van der Waals surface area contributed by atoms with Crippen LogP contribution in [0.3, 0.4) is 0 Å². The van der Waals surface area contributed by atoms with Crippen LogP contribution in [0, 0.1) is 0 Å². The largest absolute Gasteiger partial charge is 0.469 e. The van der Waals surface area contributed by atoms with E-state index in [9.17, 15) is 4.79 Å². The fourth-order valence-electron chi connectivity index (χ4n) is 1.84. The molecule has 2 rings (SSSR count). The highest BCUT2D eigenvalue weighted by Gasteiger charge is 2.09. The first-order valence-corrected chi connectivity index (χ1v) is 7.87. The van der Waals surface area contributed by atoms with E-state index >= 15 is 0 Å². The van der Waals surface area contributed by atoms with Gasteiger partial charge in [0.05, 0.1) is 25.3 Å².